The first-order valence-corrected chi connectivity index (χ1v) is 5.97. The smallest absolute Gasteiger partial charge is 0.118 e. The van der Waals surface area contributed by atoms with Crippen molar-refractivity contribution in [3.05, 3.63) is 12.4 Å². The van der Waals surface area contributed by atoms with E-state index in [0.29, 0.717) is 11.4 Å². The van der Waals surface area contributed by atoms with Crippen LogP contribution in [-0.4, -0.2) is 17.6 Å². The van der Waals surface area contributed by atoms with Crippen LogP contribution < -0.4 is 5.46 Å². The zero-order valence-electron chi connectivity index (χ0n) is 9.26. The minimum absolute atomic E-state index is 0.0249. The molecular formula is C12H14BN3. The van der Waals surface area contributed by atoms with E-state index in [1.807, 2.05) is 10.9 Å². The Balaban J connectivity index is 1.95. The summed E-state index contributed by atoms with van der Waals surface area (Å²) >= 11 is 0. The summed E-state index contributed by atoms with van der Waals surface area (Å²) in [6, 6.07) is 2.41. The molecule has 0 aliphatic heterocycles. The minimum atomic E-state index is -0.0249. The molecule has 2 atom stereocenters. The van der Waals surface area contributed by atoms with Gasteiger partial charge in [0.05, 0.1) is 17.5 Å². The first-order valence-electron chi connectivity index (χ1n) is 5.97. The standard InChI is InChI=1S/C12H14BN3/c13-11-7-15-16(8-11)12(5-10(12)6-14)9-3-1-2-4-9/h7-10H,1-5H2. The Kier molecular flexibility index (Phi) is 2.10. The van der Waals surface area contributed by atoms with E-state index in [-0.39, 0.29) is 11.5 Å². The fourth-order valence-electron chi connectivity index (χ4n) is 3.31. The van der Waals surface area contributed by atoms with E-state index >= 15 is 0 Å². The Morgan fingerprint density at radius 2 is 2.25 bits per heavy atom. The van der Waals surface area contributed by atoms with Crippen molar-refractivity contribution in [2.45, 2.75) is 37.6 Å². The van der Waals surface area contributed by atoms with Gasteiger partial charge in [-0.3, -0.25) is 4.68 Å². The van der Waals surface area contributed by atoms with Gasteiger partial charge in [0.1, 0.15) is 7.85 Å². The molecule has 1 heterocycles. The van der Waals surface area contributed by atoms with Crippen molar-refractivity contribution in [2.75, 3.05) is 0 Å². The van der Waals surface area contributed by atoms with Crippen LogP contribution in [0.1, 0.15) is 32.1 Å². The lowest BCUT2D eigenvalue weighted by atomic mass is 9.93. The van der Waals surface area contributed by atoms with Crippen LogP contribution in [0.25, 0.3) is 0 Å². The van der Waals surface area contributed by atoms with Crippen LogP contribution in [0.2, 0.25) is 0 Å². The van der Waals surface area contributed by atoms with Crippen molar-refractivity contribution < 1.29 is 0 Å². The fraction of sp³-hybridized carbons (Fsp3) is 0.667. The third-order valence-electron chi connectivity index (χ3n) is 4.22. The number of aromatic nitrogens is 2. The lowest BCUT2D eigenvalue weighted by Crippen LogP contribution is -2.28. The fourth-order valence-corrected chi connectivity index (χ4v) is 3.31. The van der Waals surface area contributed by atoms with Crippen LogP contribution in [0.5, 0.6) is 0 Å². The molecule has 0 aromatic carbocycles. The van der Waals surface area contributed by atoms with Crippen molar-refractivity contribution in [1.29, 1.82) is 5.26 Å². The molecule has 0 saturated heterocycles. The van der Waals surface area contributed by atoms with E-state index in [0.717, 1.165) is 6.42 Å². The molecule has 0 bridgehead atoms. The zero-order valence-corrected chi connectivity index (χ0v) is 9.26. The van der Waals surface area contributed by atoms with Crippen molar-refractivity contribution in [3.63, 3.8) is 0 Å². The van der Waals surface area contributed by atoms with E-state index < -0.39 is 0 Å². The van der Waals surface area contributed by atoms with Crippen LogP contribution in [0.3, 0.4) is 0 Å². The van der Waals surface area contributed by atoms with Gasteiger partial charge in [0.15, 0.2) is 0 Å². The maximum absolute atomic E-state index is 9.15. The van der Waals surface area contributed by atoms with E-state index in [4.69, 9.17) is 13.1 Å². The first kappa shape index (κ1) is 9.95. The molecule has 1 aromatic heterocycles. The van der Waals surface area contributed by atoms with Crippen LogP contribution in [0, 0.1) is 23.2 Å². The highest BCUT2D eigenvalue weighted by Crippen LogP contribution is 2.58. The highest BCUT2D eigenvalue weighted by atomic mass is 15.3. The summed E-state index contributed by atoms with van der Waals surface area (Å²) < 4.78 is 1.96. The molecule has 2 aliphatic rings. The Labute approximate surface area is 96.9 Å². The summed E-state index contributed by atoms with van der Waals surface area (Å²) in [5.41, 5.74) is 0.670. The number of hydrogen-bond donors (Lipinski definition) is 0. The maximum atomic E-state index is 9.15. The molecular weight excluding hydrogens is 197 g/mol. The van der Waals surface area contributed by atoms with Crippen LogP contribution in [-0.2, 0) is 5.54 Å². The highest BCUT2D eigenvalue weighted by Gasteiger charge is 2.61. The molecule has 2 aliphatic carbocycles. The van der Waals surface area contributed by atoms with E-state index in [1.54, 1.807) is 6.20 Å². The Hall–Kier alpha value is -1.24. The number of nitriles is 1. The summed E-state index contributed by atoms with van der Waals surface area (Å²) in [4.78, 5) is 0. The molecule has 3 nitrogen and oxygen atoms in total. The molecule has 2 radical (unpaired) electrons. The van der Waals surface area contributed by atoms with Gasteiger partial charge in [-0.15, -0.1) is 0 Å². The lowest BCUT2D eigenvalue weighted by molar-refractivity contribution is 0.270. The van der Waals surface area contributed by atoms with Gasteiger partial charge in [0.25, 0.3) is 0 Å². The lowest BCUT2D eigenvalue weighted by Gasteiger charge is -2.23. The molecule has 80 valence electrons. The van der Waals surface area contributed by atoms with Crippen molar-refractivity contribution in [2.24, 2.45) is 11.8 Å². The molecule has 0 amide bonds. The normalized spacial score (nSPS) is 33.8. The molecule has 0 N–H and O–H groups in total. The van der Waals surface area contributed by atoms with Gasteiger partial charge < -0.3 is 0 Å². The van der Waals surface area contributed by atoms with Crippen molar-refractivity contribution in [1.82, 2.24) is 9.78 Å². The summed E-state index contributed by atoms with van der Waals surface area (Å²) in [7, 11) is 5.72. The van der Waals surface area contributed by atoms with Crippen LogP contribution >= 0.6 is 0 Å². The van der Waals surface area contributed by atoms with Crippen LogP contribution in [0.4, 0.5) is 0 Å². The van der Waals surface area contributed by atoms with Gasteiger partial charge in [-0.05, 0) is 25.2 Å². The maximum Gasteiger partial charge on any atom is 0.118 e. The van der Waals surface area contributed by atoms with E-state index in [2.05, 4.69) is 11.2 Å². The number of nitrogens with zero attached hydrogens (tertiary/aromatic N) is 3. The van der Waals surface area contributed by atoms with Crippen molar-refractivity contribution >= 4 is 13.3 Å². The second-order valence-corrected chi connectivity index (χ2v) is 5.08. The molecule has 0 spiro atoms. The Morgan fingerprint density at radius 1 is 1.50 bits per heavy atom. The minimum Gasteiger partial charge on any atom is -0.266 e. The summed E-state index contributed by atoms with van der Waals surface area (Å²) in [5.74, 6) is 0.756. The van der Waals surface area contributed by atoms with Crippen LogP contribution in [0.15, 0.2) is 12.4 Å². The zero-order chi connectivity index (χ0) is 11.2. The molecule has 2 unspecified atom stereocenters. The van der Waals surface area contributed by atoms with Gasteiger partial charge >= 0.3 is 0 Å². The predicted molar refractivity (Wildman–Crippen MR) is 61.3 cm³/mol. The van der Waals surface area contributed by atoms with E-state index in [9.17, 15) is 0 Å². The topological polar surface area (TPSA) is 41.6 Å². The second kappa shape index (κ2) is 3.38. The second-order valence-electron chi connectivity index (χ2n) is 5.08. The van der Waals surface area contributed by atoms with Gasteiger partial charge in [-0.25, -0.2) is 0 Å². The quantitative estimate of drug-likeness (QED) is 0.687. The van der Waals surface area contributed by atoms with Gasteiger partial charge in [0, 0.05) is 12.4 Å². The van der Waals surface area contributed by atoms with E-state index in [1.165, 1.54) is 25.7 Å². The summed E-state index contributed by atoms with van der Waals surface area (Å²) in [6.45, 7) is 0. The third-order valence-corrected chi connectivity index (χ3v) is 4.22. The third kappa shape index (κ3) is 1.24. The summed E-state index contributed by atoms with van der Waals surface area (Å²) in [6.07, 6.45) is 9.58. The Bertz CT molecular complexity index is 441. The monoisotopic (exact) mass is 211 g/mol. The average Bonchev–Trinajstić information content (AvgIpc) is 2.73. The number of rotatable bonds is 2. The van der Waals surface area contributed by atoms with Gasteiger partial charge in [0.2, 0.25) is 0 Å². The molecule has 3 rings (SSSR count). The van der Waals surface area contributed by atoms with Gasteiger partial charge in [-0.2, -0.15) is 10.4 Å². The number of hydrogen-bond acceptors (Lipinski definition) is 2. The molecule has 2 saturated carbocycles. The first-order chi connectivity index (χ1) is 7.77. The molecule has 4 heteroatoms. The highest BCUT2D eigenvalue weighted by molar-refractivity contribution is 6.31. The SMILES string of the molecule is [B]c1cnn(C2(C3CCCC3)CC2C#N)c1. The predicted octanol–water partition coefficient (Wildman–Crippen LogP) is 1.11. The van der Waals surface area contributed by atoms with Gasteiger partial charge in [-0.1, -0.05) is 18.3 Å². The Morgan fingerprint density at radius 3 is 2.75 bits per heavy atom. The average molecular weight is 211 g/mol. The molecule has 2 fully saturated rings. The largest absolute Gasteiger partial charge is 0.266 e. The van der Waals surface area contributed by atoms with Crippen molar-refractivity contribution in [3.8, 4) is 6.07 Å². The molecule has 16 heavy (non-hydrogen) atoms. The summed E-state index contributed by atoms with van der Waals surface area (Å²) in [5, 5.41) is 13.5. The molecule has 1 aromatic rings.